The molecule has 2 fully saturated rings. The van der Waals surface area contributed by atoms with Gasteiger partial charge in [0.15, 0.2) is 0 Å². The van der Waals surface area contributed by atoms with E-state index in [1.54, 1.807) is 0 Å². The maximum Gasteiger partial charge on any atom is 0.140 e. The second kappa shape index (κ2) is 5.77. The second-order valence-electron chi connectivity index (χ2n) is 5.94. The zero-order chi connectivity index (χ0) is 13.1. The Morgan fingerprint density at radius 1 is 1.00 bits per heavy atom. The molecular formula is C17H22O2. The smallest absolute Gasteiger partial charge is 0.140 e. The van der Waals surface area contributed by atoms with Gasteiger partial charge in [-0.1, -0.05) is 18.6 Å². The van der Waals surface area contributed by atoms with Gasteiger partial charge in [-0.25, -0.2) is 0 Å². The molecule has 0 saturated heterocycles. The van der Waals surface area contributed by atoms with Gasteiger partial charge in [0, 0.05) is 12.3 Å². The van der Waals surface area contributed by atoms with Gasteiger partial charge >= 0.3 is 0 Å². The van der Waals surface area contributed by atoms with Crippen molar-refractivity contribution < 1.29 is 9.53 Å². The fourth-order valence-electron chi connectivity index (χ4n) is 2.81. The standard InChI is InChI=1S/C17H22O2/c18-17(14-8-9-14)12-13-6-10-16(11-7-13)19-15-4-2-1-3-5-15/h6-7,10-11,14-15H,1-5,8-9,12H2. The van der Waals surface area contributed by atoms with Crippen LogP contribution in [-0.4, -0.2) is 11.9 Å². The monoisotopic (exact) mass is 258 g/mol. The molecule has 0 unspecified atom stereocenters. The number of rotatable bonds is 5. The molecule has 1 aromatic rings. The third-order valence-corrected chi connectivity index (χ3v) is 4.19. The number of benzene rings is 1. The van der Waals surface area contributed by atoms with Crippen LogP contribution in [0.25, 0.3) is 0 Å². The minimum Gasteiger partial charge on any atom is -0.490 e. The van der Waals surface area contributed by atoms with Crippen LogP contribution in [0.4, 0.5) is 0 Å². The Labute approximate surface area is 115 Å². The van der Waals surface area contributed by atoms with Crippen molar-refractivity contribution in [2.75, 3.05) is 0 Å². The summed E-state index contributed by atoms with van der Waals surface area (Å²) in [5.74, 6) is 1.72. The van der Waals surface area contributed by atoms with E-state index in [2.05, 4.69) is 0 Å². The highest BCUT2D eigenvalue weighted by atomic mass is 16.5. The molecule has 1 aromatic carbocycles. The summed E-state index contributed by atoms with van der Waals surface area (Å²) in [7, 11) is 0. The highest BCUT2D eigenvalue weighted by Crippen LogP contribution is 2.31. The summed E-state index contributed by atoms with van der Waals surface area (Å²) in [6, 6.07) is 8.12. The highest BCUT2D eigenvalue weighted by molar-refractivity contribution is 5.85. The normalized spacial score (nSPS) is 20.2. The third kappa shape index (κ3) is 3.59. The van der Waals surface area contributed by atoms with Crippen molar-refractivity contribution in [3.63, 3.8) is 0 Å². The van der Waals surface area contributed by atoms with Gasteiger partial charge in [0.2, 0.25) is 0 Å². The highest BCUT2D eigenvalue weighted by Gasteiger charge is 2.29. The lowest BCUT2D eigenvalue weighted by Crippen LogP contribution is -2.19. The van der Waals surface area contributed by atoms with Crippen LogP contribution in [0.3, 0.4) is 0 Å². The second-order valence-corrected chi connectivity index (χ2v) is 5.94. The number of hydrogen-bond donors (Lipinski definition) is 0. The third-order valence-electron chi connectivity index (χ3n) is 4.19. The summed E-state index contributed by atoms with van der Waals surface area (Å²) < 4.78 is 5.99. The van der Waals surface area contributed by atoms with Gasteiger partial charge in [-0.2, -0.15) is 0 Å². The van der Waals surface area contributed by atoms with Gasteiger partial charge in [-0.15, -0.1) is 0 Å². The molecule has 2 aliphatic rings. The van der Waals surface area contributed by atoms with Crippen molar-refractivity contribution in [2.24, 2.45) is 5.92 Å². The van der Waals surface area contributed by atoms with E-state index in [4.69, 9.17) is 4.74 Å². The topological polar surface area (TPSA) is 26.3 Å². The van der Waals surface area contributed by atoms with Crippen LogP contribution in [0.5, 0.6) is 5.75 Å². The van der Waals surface area contributed by atoms with Crippen LogP contribution in [0.15, 0.2) is 24.3 Å². The van der Waals surface area contributed by atoms with Gasteiger partial charge in [-0.05, 0) is 56.2 Å². The van der Waals surface area contributed by atoms with Crippen molar-refractivity contribution in [3.8, 4) is 5.75 Å². The number of ketones is 1. The number of hydrogen-bond acceptors (Lipinski definition) is 2. The first-order chi connectivity index (χ1) is 9.31. The maximum atomic E-state index is 11.7. The van der Waals surface area contributed by atoms with Gasteiger partial charge in [0.25, 0.3) is 0 Å². The van der Waals surface area contributed by atoms with E-state index in [-0.39, 0.29) is 0 Å². The van der Waals surface area contributed by atoms with Crippen molar-refractivity contribution in [1.29, 1.82) is 0 Å². The van der Waals surface area contributed by atoms with Crippen LogP contribution in [0, 0.1) is 5.92 Å². The minimum absolute atomic E-state index is 0.359. The molecule has 2 heteroatoms. The van der Waals surface area contributed by atoms with Crippen LogP contribution in [0.2, 0.25) is 0 Å². The summed E-state index contributed by atoms with van der Waals surface area (Å²) in [4.78, 5) is 11.7. The molecule has 102 valence electrons. The summed E-state index contributed by atoms with van der Waals surface area (Å²) in [6.45, 7) is 0. The molecular weight excluding hydrogens is 236 g/mol. The minimum atomic E-state index is 0.359. The Balaban J connectivity index is 1.54. The first-order valence-electron chi connectivity index (χ1n) is 7.59. The van der Waals surface area contributed by atoms with E-state index in [0.29, 0.717) is 24.2 Å². The Kier molecular flexibility index (Phi) is 3.86. The molecule has 0 N–H and O–H groups in total. The molecule has 19 heavy (non-hydrogen) atoms. The lowest BCUT2D eigenvalue weighted by molar-refractivity contribution is -0.119. The van der Waals surface area contributed by atoms with Crippen LogP contribution >= 0.6 is 0 Å². The lowest BCUT2D eigenvalue weighted by atomic mass is 9.98. The van der Waals surface area contributed by atoms with Crippen LogP contribution < -0.4 is 4.74 Å². The fraction of sp³-hybridized carbons (Fsp3) is 0.588. The Bertz CT molecular complexity index is 425. The molecule has 0 heterocycles. The first kappa shape index (κ1) is 12.7. The maximum absolute atomic E-state index is 11.7. The predicted molar refractivity (Wildman–Crippen MR) is 75.4 cm³/mol. The van der Waals surface area contributed by atoms with Crippen molar-refractivity contribution in [3.05, 3.63) is 29.8 Å². The quantitative estimate of drug-likeness (QED) is 0.800. The Morgan fingerprint density at radius 3 is 2.32 bits per heavy atom. The number of carbonyl (C=O) groups excluding carboxylic acids is 1. The molecule has 0 aromatic heterocycles. The zero-order valence-corrected chi connectivity index (χ0v) is 11.4. The number of Topliss-reactive ketones (excluding diaryl/α,β-unsaturated/α-hetero) is 1. The Morgan fingerprint density at radius 2 is 1.68 bits per heavy atom. The molecule has 3 rings (SSSR count). The lowest BCUT2D eigenvalue weighted by Gasteiger charge is -2.23. The van der Waals surface area contributed by atoms with E-state index < -0.39 is 0 Å². The number of ether oxygens (including phenoxy) is 1. The number of carbonyl (C=O) groups is 1. The summed E-state index contributed by atoms with van der Waals surface area (Å²) in [6.07, 6.45) is 9.48. The molecule has 0 spiro atoms. The Hall–Kier alpha value is -1.31. The molecule has 0 radical (unpaired) electrons. The fourth-order valence-corrected chi connectivity index (χ4v) is 2.81. The average Bonchev–Trinajstić information content (AvgIpc) is 3.27. The summed E-state index contributed by atoms with van der Waals surface area (Å²) >= 11 is 0. The molecule has 0 aliphatic heterocycles. The van der Waals surface area contributed by atoms with Gasteiger partial charge in [-0.3, -0.25) is 4.79 Å². The molecule has 0 bridgehead atoms. The van der Waals surface area contributed by atoms with E-state index in [9.17, 15) is 4.79 Å². The van der Waals surface area contributed by atoms with E-state index in [1.165, 1.54) is 32.1 Å². The first-order valence-corrected chi connectivity index (χ1v) is 7.59. The van der Waals surface area contributed by atoms with Crippen LogP contribution in [0.1, 0.15) is 50.5 Å². The summed E-state index contributed by atoms with van der Waals surface area (Å²) in [5.41, 5.74) is 1.12. The summed E-state index contributed by atoms with van der Waals surface area (Å²) in [5, 5.41) is 0. The van der Waals surface area contributed by atoms with E-state index >= 15 is 0 Å². The van der Waals surface area contributed by atoms with Crippen molar-refractivity contribution in [1.82, 2.24) is 0 Å². The van der Waals surface area contributed by atoms with Gasteiger partial charge in [0.1, 0.15) is 11.5 Å². The van der Waals surface area contributed by atoms with Crippen molar-refractivity contribution in [2.45, 2.75) is 57.5 Å². The van der Waals surface area contributed by atoms with Gasteiger partial charge in [0.05, 0.1) is 6.10 Å². The SMILES string of the molecule is O=C(Cc1ccc(OC2CCCCC2)cc1)C1CC1. The predicted octanol–water partition coefficient (Wildman–Crippen LogP) is 3.92. The average molecular weight is 258 g/mol. The van der Waals surface area contributed by atoms with E-state index in [1.807, 2.05) is 24.3 Å². The molecule has 0 atom stereocenters. The van der Waals surface area contributed by atoms with Crippen molar-refractivity contribution >= 4 is 5.78 Å². The molecule has 2 saturated carbocycles. The molecule has 2 aliphatic carbocycles. The molecule has 2 nitrogen and oxygen atoms in total. The zero-order valence-electron chi connectivity index (χ0n) is 11.4. The van der Waals surface area contributed by atoms with Gasteiger partial charge < -0.3 is 4.74 Å². The largest absolute Gasteiger partial charge is 0.490 e. The van der Waals surface area contributed by atoms with Crippen LogP contribution in [-0.2, 0) is 11.2 Å². The van der Waals surface area contributed by atoms with E-state index in [0.717, 1.165) is 24.2 Å². The molecule has 0 amide bonds.